The van der Waals surface area contributed by atoms with Crippen molar-refractivity contribution in [3.05, 3.63) is 48.5 Å². The molecule has 0 aliphatic rings. The van der Waals surface area contributed by atoms with Crippen molar-refractivity contribution in [2.24, 2.45) is 5.92 Å². The Labute approximate surface area is 137 Å². The third-order valence-corrected chi connectivity index (χ3v) is 3.82. The van der Waals surface area contributed by atoms with Crippen molar-refractivity contribution in [2.75, 3.05) is 6.54 Å². The average Bonchev–Trinajstić information content (AvgIpc) is 3.05. The molecule has 2 aromatic rings. The summed E-state index contributed by atoms with van der Waals surface area (Å²) >= 11 is 0. The Hall–Kier alpha value is -2.14. The van der Waals surface area contributed by atoms with Crippen molar-refractivity contribution >= 4 is 5.91 Å². The second-order valence-corrected chi connectivity index (χ2v) is 6.63. The Balaban J connectivity index is 1.90. The van der Waals surface area contributed by atoms with Gasteiger partial charge in [-0.3, -0.25) is 4.79 Å². The second kappa shape index (κ2) is 7.42. The minimum atomic E-state index is -0.878. The largest absolute Gasteiger partial charge is 0.388 e. The van der Waals surface area contributed by atoms with Gasteiger partial charge in [-0.05, 0) is 49.9 Å². The third-order valence-electron chi connectivity index (χ3n) is 3.82. The fourth-order valence-electron chi connectivity index (χ4n) is 2.26. The van der Waals surface area contributed by atoms with Gasteiger partial charge in [-0.25, -0.2) is 4.98 Å². The van der Waals surface area contributed by atoms with E-state index in [4.69, 9.17) is 0 Å². The number of aliphatic hydroxyl groups is 1. The van der Waals surface area contributed by atoms with Crippen LogP contribution in [-0.2, 0) is 0 Å². The molecule has 5 nitrogen and oxygen atoms in total. The van der Waals surface area contributed by atoms with E-state index < -0.39 is 5.60 Å². The molecule has 0 aliphatic heterocycles. The number of nitrogens with one attached hydrogen (secondary N) is 1. The van der Waals surface area contributed by atoms with Crippen molar-refractivity contribution in [3.8, 4) is 5.69 Å². The summed E-state index contributed by atoms with van der Waals surface area (Å²) in [6, 6.07) is 7.28. The first kappa shape index (κ1) is 17.2. The highest BCUT2D eigenvalue weighted by atomic mass is 16.3. The van der Waals surface area contributed by atoms with E-state index >= 15 is 0 Å². The lowest BCUT2D eigenvalue weighted by Gasteiger charge is -2.24. The number of hydrogen-bond donors (Lipinski definition) is 2. The zero-order chi connectivity index (χ0) is 16.9. The van der Waals surface area contributed by atoms with Gasteiger partial charge in [0.25, 0.3) is 5.91 Å². The molecule has 1 aromatic carbocycles. The lowest BCUT2D eigenvalue weighted by Crippen LogP contribution is -2.40. The zero-order valence-corrected chi connectivity index (χ0v) is 14.0. The van der Waals surface area contributed by atoms with E-state index in [0.29, 0.717) is 17.9 Å². The number of amides is 1. The van der Waals surface area contributed by atoms with Gasteiger partial charge in [-0.15, -0.1) is 0 Å². The molecule has 1 atom stereocenters. The van der Waals surface area contributed by atoms with Gasteiger partial charge >= 0.3 is 0 Å². The lowest BCUT2D eigenvalue weighted by atomic mass is 9.95. The number of carbonyl (C=O) groups is 1. The number of aromatic nitrogens is 2. The van der Waals surface area contributed by atoms with E-state index in [1.807, 2.05) is 22.9 Å². The minimum Gasteiger partial charge on any atom is -0.388 e. The highest BCUT2D eigenvalue weighted by molar-refractivity contribution is 5.94. The molecule has 1 unspecified atom stereocenters. The van der Waals surface area contributed by atoms with Gasteiger partial charge in [0.05, 0.1) is 11.9 Å². The van der Waals surface area contributed by atoms with Gasteiger partial charge in [0.15, 0.2) is 0 Å². The molecular formula is C18H25N3O2. The number of imidazole rings is 1. The van der Waals surface area contributed by atoms with E-state index in [0.717, 1.165) is 12.1 Å². The Bertz CT molecular complexity index is 616. The van der Waals surface area contributed by atoms with Gasteiger partial charge in [0, 0.05) is 30.2 Å². The van der Waals surface area contributed by atoms with Crippen molar-refractivity contribution in [1.29, 1.82) is 0 Å². The molecule has 1 amide bonds. The summed E-state index contributed by atoms with van der Waals surface area (Å²) in [6.45, 7) is 6.26. The van der Waals surface area contributed by atoms with Crippen LogP contribution in [0.1, 0.15) is 44.0 Å². The van der Waals surface area contributed by atoms with Crippen LogP contribution < -0.4 is 5.32 Å². The fraction of sp³-hybridized carbons (Fsp3) is 0.444. The molecule has 0 fully saturated rings. The Kier molecular flexibility index (Phi) is 5.55. The first-order valence-corrected chi connectivity index (χ1v) is 7.96. The highest BCUT2D eigenvalue weighted by Gasteiger charge is 2.21. The molecule has 5 heteroatoms. The number of benzene rings is 1. The van der Waals surface area contributed by atoms with Gasteiger partial charge < -0.3 is 15.0 Å². The van der Waals surface area contributed by atoms with Crippen LogP contribution in [0.5, 0.6) is 0 Å². The third kappa shape index (κ3) is 5.21. The molecule has 0 saturated heterocycles. The van der Waals surface area contributed by atoms with Crippen LogP contribution in [0.3, 0.4) is 0 Å². The van der Waals surface area contributed by atoms with Crippen LogP contribution in [0.4, 0.5) is 0 Å². The monoisotopic (exact) mass is 315 g/mol. The zero-order valence-electron chi connectivity index (χ0n) is 14.0. The minimum absolute atomic E-state index is 0.174. The Morgan fingerprint density at radius 2 is 2.04 bits per heavy atom. The molecule has 0 aliphatic carbocycles. The first-order chi connectivity index (χ1) is 10.9. The molecule has 2 N–H and O–H groups in total. The molecule has 124 valence electrons. The summed E-state index contributed by atoms with van der Waals surface area (Å²) in [5.74, 6) is 0.361. The first-order valence-electron chi connectivity index (χ1n) is 7.96. The normalized spacial score (nSPS) is 13.8. The van der Waals surface area contributed by atoms with Crippen molar-refractivity contribution in [3.63, 3.8) is 0 Å². The van der Waals surface area contributed by atoms with Gasteiger partial charge in [0.2, 0.25) is 0 Å². The topological polar surface area (TPSA) is 67.2 Å². The van der Waals surface area contributed by atoms with Crippen LogP contribution in [0.15, 0.2) is 43.0 Å². The van der Waals surface area contributed by atoms with Crippen LogP contribution in [0.2, 0.25) is 0 Å². The van der Waals surface area contributed by atoms with E-state index in [-0.39, 0.29) is 12.5 Å². The van der Waals surface area contributed by atoms with Crippen molar-refractivity contribution in [2.45, 2.75) is 39.2 Å². The highest BCUT2D eigenvalue weighted by Crippen LogP contribution is 2.16. The molecule has 0 bridgehead atoms. The maximum Gasteiger partial charge on any atom is 0.251 e. The van der Waals surface area contributed by atoms with Crippen LogP contribution in [0.25, 0.3) is 5.69 Å². The van der Waals surface area contributed by atoms with Crippen LogP contribution in [-0.4, -0.2) is 32.7 Å². The fourth-order valence-corrected chi connectivity index (χ4v) is 2.26. The molecule has 0 spiro atoms. The average molecular weight is 315 g/mol. The maximum atomic E-state index is 12.2. The lowest BCUT2D eigenvalue weighted by molar-refractivity contribution is 0.0429. The number of nitrogens with zero attached hydrogens (tertiary/aromatic N) is 2. The van der Waals surface area contributed by atoms with E-state index in [1.54, 1.807) is 31.6 Å². The molecule has 1 heterocycles. The SMILES string of the molecule is CC(C)CCC(C)(O)CNC(=O)c1ccc(-n2ccnc2)cc1. The van der Waals surface area contributed by atoms with Crippen molar-refractivity contribution < 1.29 is 9.90 Å². The van der Waals surface area contributed by atoms with Gasteiger partial charge in [0.1, 0.15) is 0 Å². The summed E-state index contributed by atoms with van der Waals surface area (Å²) in [5, 5.41) is 13.1. The van der Waals surface area contributed by atoms with Gasteiger partial charge in [-0.1, -0.05) is 13.8 Å². The number of hydrogen-bond acceptors (Lipinski definition) is 3. The summed E-state index contributed by atoms with van der Waals surface area (Å²) in [5.41, 5.74) is 0.646. The van der Waals surface area contributed by atoms with E-state index in [1.165, 1.54) is 0 Å². The molecule has 23 heavy (non-hydrogen) atoms. The Morgan fingerprint density at radius 1 is 1.35 bits per heavy atom. The second-order valence-electron chi connectivity index (χ2n) is 6.63. The predicted octanol–water partition coefficient (Wildman–Crippen LogP) is 2.79. The molecule has 0 radical (unpaired) electrons. The molecular weight excluding hydrogens is 290 g/mol. The van der Waals surface area contributed by atoms with Gasteiger partial charge in [-0.2, -0.15) is 0 Å². The molecule has 1 aromatic heterocycles. The summed E-state index contributed by atoms with van der Waals surface area (Å²) < 4.78 is 1.87. The summed E-state index contributed by atoms with van der Waals surface area (Å²) in [6.07, 6.45) is 6.87. The van der Waals surface area contributed by atoms with Crippen molar-refractivity contribution in [1.82, 2.24) is 14.9 Å². The van der Waals surface area contributed by atoms with Crippen LogP contribution in [0, 0.1) is 5.92 Å². The number of rotatable bonds is 7. The Morgan fingerprint density at radius 3 is 2.61 bits per heavy atom. The van der Waals surface area contributed by atoms with E-state index in [2.05, 4.69) is 24.1 Å². The smallest absolute Gasteiger partial charge is 0.251 e. The summed E-state index contributed by atoms with van der Waals surface area (Å²) in [4.78, 5) is 16.2. The molecule has 2 rings (SSSR count). The quantitative estimate of drug-likeness (QED) is 0.825. The standard InChI is InChI=1S/C18H25N3O2/c1-14(2)8-9-18(3,23)12-20-17(22)15-4-6-16(7-5-15)21-11-10-19-13-21/h4-7,10-11,13-14,23H,8-9,12H2,1-3H3,(H,20,22). The summed E-state index contributed by atoms with van der Waals surface area (Å²) in [7, 11) is 0. The van der Waals surface area contributed by atoms with Crippen LogP contribution >= 0.6 is 0 Å². The number of carbonyl (C=O) groups excluding carboxylic acids is 1. The predicted molar refractivity (Wildman–Crippen MR) is 90.6 cm³/mol. The maximum absolute atomic E-state index is 12.2. The molecule has 0 saturated carbocycles. The van der Waals surface area contributed by atoms with E-state index in [9.17, 15) is 9.90 Å².